The highest BCUT2D eigenvalue weighted by atomic mass is 35.5. The molecule has 0 bridgehead atoms. The number of anilines is 1. The number of hydrogen-bond donors (Lipinski definition) is 1. The Morgan fingerprint density at radius 3 is 2.34 bits per heavy atom. The first-order valence-corrected chi connectivity index (χ1v) is 16.6. The number of nitrogens with one attached hydrogen (secondary N) is 1. The van der Waals surface area contributed by atoms with E-state index in [9.17, 15) is 24.0 Å². The first-order valence-electron chi connectivity index (χ1n) is 14.6. The van der Waals surface area contributed by atoms with E-state index in [1.165, 1.54) is 36.4 Å². The molecule has 0 unspecified atom stereocenters. The fraction of sp³-hybridized carbons (Fsp3) is 0.152. The predicted octanol–water partition coefficient (Wildman–Crippen LogP) is 5.92. The number of imide groups is 1. The summed E-state index contributed by atoms with van der Waals surface area (Å²) in [4.78, 5) is 69.9. The lowest BCUT2D eigenvalue weighted by Gasteiger charge is -2.14. The Hall–Kier alpha value is -5.02. The van der Waals surface area contributed by atoms with E-state index in [2.05, 4.69) is 10.3 Å². The number of carbonyl (C=O) groups is 3. The van der Waals surface area contributed by atoms with Gasteiger partial charge < -0.3 is 14.8 Å². The van der Waals surface area contributed by atoms with Crippen LogP contribution in [0.15, 0.2) is 75.2 Å². The molecule has 256 valence electrons. The van der Waals surface area contributed by atoms with Crippen LogP contribution < -0.4 is 26.0 Å². The first-order chi connectivity index (χ1) is 23.8. The van der Waals surface area contributed by atoms with Crippen LogP contribution >= 0.6 is 46.6 Å². The second-order valence-electron chi connectivity index (χ2n) is 10.9. The van der Waals surface area contributed by atoms with Crippen molar-refractivity contribution in [3.05, 3.63) is 113 Å². The molecule has 0 spiro atoms. The van der Waals surface area contributed by atoms with Gasteiger partial charge in [0.25, 0.3) is 16.7 Å². The molecule has 0 radical (unpaired) electrons. The molecule has 1 aliphatic rings. The van der Waals surface area contributed by atoms with Crippen LogP contribution in [0.5, 0.6) is 17.5 Å². The Bertz CT molecular complexity index is 2370. The monoisotopic (exact) mass is 754 g/mol. The van der Waals surface area contributed by atoms with Crippen molar-refractivity contribution in [1.29, 1.82) is 0 Å². The molecule has 3 aromatic carbocycles. The zero-order valence-electron chi connectivity index (χ0n) is 26.4. The van der Waals surface area contributed by atoms with Gasteiger partial charge in [0.05, 0.1) is 18.6 Å². The Labute approximate surface area is 302 Å². The van der Waals surface area contributed by atoms with Gasteiger partial charge in [-0.15, -0.1) is 0 Å². The zero-order chi connectivity index (χ0) is 35.9. The van der Waals surface area contributed by atoms with E-state index in [1.54, 1.807) is 60.7 Å². The van der Waals surface area contributed by atoms with Crippen molar-refractivity contribution in [2.45, 2.75) is 6.54 Å². The van der Waals surface area contributed by atoms with Crippen LogP contribution in [0.4, 0.5) is 10.5 Å². The number of ether oxygens (including phenoxy) is 2. The van der Waals surface area contributed by atoms with Gasteiger partial charge in [0.2, 0.25) is 5.91 Å². The van der Waals surface area contributed by atoms with Gasteiger partial charge in [-0.1, -0.05) is 46.9 Å². The normalized spacial score (nSPS) is 13.8. The number of amides is 3. The van der Waals surface area contributed by atoms with Crippen molar-refractivity contribution < 1.29 is 23.9 Å². The molecule has 0 saturated carbocycles. The summed E-state index contributed by atoms with van der Waals surface area (Å²) < 4.78 is 15.5. The number of fused-ring (bicyclic) bond motifs is 1. The number of carbonyl (C=O) groups excluding carboxylic acids is 3. The number of aryl methyl sites for hydroxylation is 1. The molecule has 1 N–H and O–H groups in total. The minimum Gasteiger partial charge on any atom is -0.493 e. The molecule has 1 fully saturated rings. The van der Waals surface area contributed by atoms with E-state index in [1.807, 2.05) is 0 Å². The maximum Gasteiger partial charge on any atom is 0.332 e. The molecule has 5 aromatic rings. The molecule has 3 amide bonds. The maximum atomic E-state index is 13.3. The highest BCUT2D eigenvalue weighted by Gasteiger charge is 2.36. The fourth-order valence-corrected chi connectivity index (χ4v) is 6.53. The number of methoxy groups -OCH3 is 1. The van der Waals surface area contributed by atoms with Crippen LogP contribution in [0.25, 0.3) is 17.2 Å². The van der Waals surface area contributed by atoms with Crippen LogP contribution in [0.1, 0.15) is 11.1 Å². The molecular weight excluding hydrogens is 731 g/mol. The first kappa shape index (κ1) is 34.8. The van der Waals surface area contributed by atoms with Gasteiger partial charge in [0.1, 0.15) is 6.54 Å². The number of rotatable bonds is 9. The average Bonchev–Trinajstić information content (AvgIpc) is 3.57. The highest BCUT2D eigenvalue weighted by molar-refractivity contribution is 8.18. The minimum absolute atomic E-state index is 0.0339. The zero-order valence-corrected chi connectivity index (χ0v) is 29.5. The number of nitrogens with zero attached hydrogens (tertiary/aromatic N) is 5. The molecule has 1 aliphatic heterocycles. The molecular formula is C33H25Cl3N6O7S. The van der Waals surface area contributed by atoms with Crippen LogP contribution in [0.3, 0.4) is 0 Å². The molecule has 1 saturated heterocycles. The lowest BCUT2D eigenvalue weighted by atomic mass is 10.2. The van der Waals surface area contributed by atoms with E-state index in [0.29, 0.717) is 43.6 Å². The summed E-state index contributed by atoms with van der Waals surface area (Å²) in [6.07, 6.45) is 1.49. The quantitative estimate of drug-likeness (QED) is 0.181. The number of thioether (sulfide) groups is 1. The molecule has 17 heteroatoms. The third-order valence-corrected chi connectivity index (χ3v) is 9.39. The summed E-state index contributed by atoms with van der Waals surface area (Å²) in [5.41, 5.74) is 0.589. The summed E-state index contributed by atoms with van der Waals surface area (Å²) >= 11 is 19.1. The molecule has 13 nitrogen and oxygen atoms in total. The summed E-state index contributed by atoms with van der Waals surface area (Å²) in [6.45, 7) is -0.430. The van der Waals surface area contributed by atoms with Gasteiger partial charge in [-0.05, 0) is 77.5 Å². The van der Waals surface area contributed by atoms with Crippen molar-refractivity contribution in [2.24, 2.45) is 14.1 Å². The Morgan fingerprint density at radius 2 is 1.64 bits per heavy atom. The topological polar surface area (TPSA) is 147 Å². The number of benzene rings is 3. The number of imidazole rings is 1. The lowest BCUT2D eigenvalue weighted by molar-refractivity contribution is -0.127. The molecule has 50 heavy (non-hydrogen) atoms. The third kappa shape index (κ3) is 6.87. The second kappa shape index (κ2) is 14.1. The van der Waals surface area contributed by atoms with Gasteiger partial charge in [0.15, 0.2) is 22.7 Å². The van der Waals surface area contributed by atoms with Crippen LogP contribution in [0.2, 0.25) is 15.1 Å². The fourth-order valence-electron chi connectivity index (χ4n) is 5.09. The predicted molar refractivity (Wildman–Crippen MR) is 192 cm³/mol. The maximum absolute atomic E-state index is 13.3. The van der Waals surface area contributed by atoms with Crippen LogP contribution in [-0.2, 0) is 30.2 Å². The number of hydrogen-bond acceptors (Lipinski definition) is 9. The van der Waals surface area contributed by atoms with Crippen molar-refractivity contribution in [3.63, 3.8) is 0 Å². The van der Waals surface area contributed by atoms with E-state index in [-0.39, 0.29) is 40.1 Å². The lowest BCUT2D eigenvalue weighted by Crippen LogP contribution is -2.37. The van der Waals surface area contributed by atoms with E-state index in [0.717, 1.165) is 9.47 Å². The van der Waals surface area contributed by atoms with Crippen LogP contribution in [-0.4, -0.2) is 54.3 Å². The highest BCUT2D eigenvalue weighted by Crippen LogP contribution is 2.37. The van der Waals surface area contributed by atoms with E-state index < -0.39 is 34.8 Å². The standard InChI is InChI=1S/C33H25Cl3N6O7S/c1-39-28-27(30(45)40(2)32(39)46)41(15-18-5-6-20(35)14-22(18)36)31(38-28)49-23-11-4-17(12-24(23)48-3)13-25-29(44)42(33(47)50-25)16-26(43)37-21-9-7-19(34)8-10-21/h4-14H,15-16H2,1-3H3,(H,37,43)/b25-13-. The van der Waals surface area contributed by atoms with Crippen molar-refractivity contribution in [3.8, 4) is 17.5 Å². The van der Waals surface area contributed by atoms with Gasteiger partial charge in [-0.3, -0.25) is 37.8 Å². The van der Waals surface area contributed by atoms with E-state index >= 15 is 0 Å². The summed E-state index contributed by atoms with van der Waals surface area (Å²) in [6, 6.07) is 16.1. The Balaban J connectivity index is 1.29. The largest absolute Gasteiger partial charge is 0.493 e. The molecule has 6 rings (SSSR count). The number of aromatic nitrogens is 4. The number of halogens is 3. The van der Waals surface area contributed by atoms with E-state index in [4.69, 9.17) is 44.3 Å². The van der Waals surface area contributed by atoms with Gasteiger partial charge in [0, 0.05) is 34.9 Å². The van der Waals surface area contributed by atoms with Gasteiger partial charge >= 0.3 is 11.7 Å². The van der Waals surface area contributed by atoms with Gasteiger partial charge in [-0.25, -0.2) is 4.79 Å². The Kier molecular flexibility index (Phi) is 9.80. The average molecular weight is 756 g/mol. The van der Waals surface area contributed by atoms with Gasteiger partial charge in [-0.2, -0.15) is 4.98 Å². The SMILES string of the molecule is COc1cc(/C=C2\SC(=O)N(CC(=O)Nc3ccc(Cl)cc3)C2=O)ccc1Oc1nc2c(c(=O)n(C)c(=O)n2C)n1Cc1ccc(Cl)cc1Cl. The third-order valence-electron chi connectivity index (χ3n) is 7.65. The smallest absolute Gasteiger partial charge is 0.332 e. The molecule has 0 atom stereocenters. The molecule has 3 heterocycles. The van der Waals surface area contributed by atoms with Crippen molar-refractivity contribution in [1.82, 2.24) is 23.6 Å². The van der Waals surface area contributed by atoms with Crippen molar-refractivity contribution in [2.75, 3.05) is 19.0 Å². The molecule has 0 aliphatic carbocycles. The van der Waals surface area contributed by atoms with Crippen molar-refractivity contribution >= 4 is 86.5 Å². The summed E-state index contributed by atoms with van der Waals surface area (Å²) in [5, 5.41) is 3.30. The summed E-state index contributed by atoms with van der Waals surface area (Å²) in [7, 11) is 4.27. The minimum atomic E-state index is -0.632. The molecule has 2 aromatic heterocycles. The Morgan fingerprint density at radius 1 is 0.920 bits per heavy atom. The summed E-state index contributed by atoms with van der Waals surface area (Å²) in [5.74, 6) is -0.768. The second-order valence-corrected chi connectivity index (χ2v) is 13.2. The van der Waals surface area contributed by atoms with Crippen LogP contribution in [0, 0.1) is 0 Å².